The van der Waals surface area contributed by atoms with Crippen molar-refractivity contribution in [1.82, 2.24) is 14.8 Å². The van der Waals surface area contributed by atoms with Crippen LogP contribution in [0.3, 0.4) is 0 Å². The van der Waals surface area contributed by atoms with Crippen molar-refractivity contribution in [3.8, 4) is 11.6 Å². The fraction of sp³-hybridized carbons (Fsp3) is 0.455. The van der Waals surface area contributed by atoms with Gasteiger partial charge >= 0.3 is 0 Å². The Kier molecular flexibility index (Phi) is 2.07. The second kappa shape index (κ2) is 3.45. The first-order valence-electron chi connectivity index (χ1n) is 5.41. The topological polar surface area (TPSA) is 64.1 Å². The summed E-state index contributed by atoms with van der Waals surface area (Å²) in [6.07, 6.45) is 1.03. The van der Waals surface area contributed by atoms with Crippen LogP contribution in [0, 0.1) is 6.92 Å². The first-order chi connectivity index (χ1) is 7.74. The summed E-state index contributed by atoms with van der Waals surface area (Å²) < 4.78 is 7.55. The molecule has 0 fully saturated rings. The molecule has 0 radical (unpaired) electrons. The van der Waals surface area contributed by atoms with E-state index in [-0.39, 0.29) is 6.10 Å². The highest BCUT2D eigenvalue weighted by molar-refractivity contribution is 5.47. The number of aryl methyl sites for hydroxylation is 1. The first-order valence-corrected chi connectivity index (χ1v) is 5.41. The summed E-state index contributed by atoms with van der Waals surface area (Å²) in [5.74, 6) is 3.20. The van der Waals surface area contributed by atoms with Crippen molar-refractivity contribution in [3.63, 3.8) is 0 Å². The van der Waals surface area contributed by atoms with Crippen LogP contribution >= 0.6 is 0 Å². The molecule has 0 saturated carbocycles. The van der Waals surface area contributed by atoms with Gasteiger partial charge in [0.25, 0.3) is 0 Å². The fourth-order valence-corrected chi connectivity index (χ4v) is 2.05. The van der Waals surface area contributed by atoms with Crippen LogP contribution in [0.2, 0.25) is 0 Å². The highest BCUT2D eigenvalue weighted by atomic mass is 16.3. The first kappa shape index (κ1) is 9.59. The van der Waals surface area contributed by atoms with E-state index in [1.54, 1.807) is 0 Å². The molecule has 2 aromatic rings. The normalized spacial score (nSPS) is 19.8. The van der Waals surface area contributed by atoms with E-state index < -0.39 is 0 Å². The van der Waals surface area contributed by atoms with Crippen molar-refractivity contribution in [2.24, 2.45) is 0 Å². The van der Waals surface area contributed by atoms with E-state index in [4.69, 9.17) is 4.42 Å². The van der Waals surface area contributed by atoms with Crippen LogP contribution < -0.4 is 0 Å². The van der Waals surface area contributed by atoms with Crippen molar-refractivity contribution < 1.29 is 9.52 Å². The Morgan fingerprint density at radius 3 is 3.06 bits per heavy atom. The van der Waals surface area contributed by atoms with E-state index in [2.05, 4.69) is 10.2 Å². The number of hydrogen-bond donors (Lipinski definition) is 1. The summed E-state index contributed by atoms with van der Waals surface area (Å²) in [6.45, 7) is 2.65. The monoisotopic (exact) mass is 219 g/mol. The van der Waals surface area contributed by atoms with Crippen LogP contribution in [0.1, 0.15) is 18.0 Å². The molecule has 3 rings (SSSR count). The molecule has 0 bridgehead atoms. The molecule has 1 aliphatic heterocycles. The van der Waals surface area contributed by atoms with E-state index in [9.17, 15) is 5.11 Å². The largest absolute Gasteiger partial charge is 0.458 e. The minimum Gasteiger partial charge on any atom is -0.458 e. The van der Waals surface area contributed by atoms with Gasteiger partial charge in [0, 0.05) is 13.0 Å². The Bertz CT molecular complexity index is 515. The molecular formula is C11H13N3O2. The Labute approximate surface area is 92.7 Å². The minimum atomic E-state index is -0.289. The number of aliphatic hydroxyl groups is 1. The maximum atomic E-state index is 9.54. The number of aromatic nitrogens is 3. The molecule has 0 amide bonds. The van der Waals surface area contributed by atoms with Crippen LogP contribution in [0.25, 0.3) is 11.6 Å². The Hall–Kier alpha value is -1.62. The Balaban J connectivity index is 2.03. The average molecular weight is 219 g/mol. The van der Waals surface area contributed by atoms with E-state index in [1.165, 1.54) is 0 Å². The van der Waals surface area contributed by atoms with E-state index >= 15 is 0 Å². The minimum absolute atomic E-state index is 0.289. The standard InChI is InChI=1S/C11H13N3O2/c1-7-2-3-9(16-7)11-13-12-10-6-8(15)4-5-14(10)11/h2-3,8,15H,4-6H2,1H3. The zero-order valence-corrected chi connectivity index (χ0v) is 9.05. The second-order valence-electron chi connectivity index (χ2n) is 4.15. The van der Waals surface area contributed by atoms with Gasteiger partial charge in [0.05, 0.1) is 6.10 Å². The number of fused-ring (bicyclic) bond motifs is 1. The smallest absolute Gasteiger partial charge is 0.199 e. The molecule has 3 heterocycles. The molecule has 0 spiro atoms. The summed E-state index contributed by atoms with van der Waals surface area (Å²) in [7, 11) is 0. The lowest BCUT2D eigenvalue weighted by atomic mass is 10.1. The summed E-state index contributed by atoms with van der Waals surface area (Å²) in [5.41, 5.74) is 0. The van der Waals surface area contributed by atoms with Crippen molar-refractivity contribution in [1.29, 1.82) is 0 Å². The summed E-state index contributed by atoms with van der Waals surface area (Å²) in [5, 5.41) is 17.7. The molecule has 0 aliphatic carbocycles. The van der Waals surface area contributed by atoms with Gasteiger partial charge in [-0.1, -0.05) is 0 Å². The predicted octanol–water partition coefficient (Wildman–Crippen LogP) is 1.15. The molecule has 16 heavy (non-hydrogen) atoms. The average Bonchev–Trinajstić information content (AvgIpc) is 2.83. The number of nitrogens with zero attached hydrogens (tertiary/aromatic N) is 3. The van der Waals surface area contributed by atoms with Gasteiger partial charge < -0.3 is 14.1 Å². The third kappa shape index (κ3) is 1.44. The van der Waals surface area contributed by atoms with E-state index in [1.807, 2.05) is 23.6 Å². The lowest BCUT2D eigenvalue weighted by Crippen LogP contribution is -2.23. The molecule has 2 aromatic heterocycles. The number of rotatable bonds is 1. The van der Waals surface area contributed by atoms with Gasteiger partial charge in [-0.3, -0.25) is 0 Å². The molecule has 5 heteroatoms. The molecular weight excluding hydrogens is 206 g/mol. The third-order valence-corrected chi connectivity index (χ3v) is 2.89. The number of hydrogen-bond acceptors (Lipinski definition) is 4. The van der Waals surface area contributed by atoms with Crippen LogP contribution in [0.5, 0.6) is 0 Å². The van der Waals surface area contributed by atoms with Crippen molar-refractivity contribution in [2.45, 2.75) is 32.4 Å². The molecule has 1 aliphatic rings. The molecule has 5 nitrogen and oxygen atoms in total. The summed E-state index contributed by atoms with van der Waals surface area (Å²) in [4.78, 5) is 0. The van der Waals surface area contributed by atoms with Crippen molar-refractivity contribution in [3.05, 3.63) is 23.7 Å². The molecule has 1 unspecified atom stereocenters. The van der Waals surface area contributed by atoms with Gasteiger partial charge in [0.15, 0.2) is 11.6 Å². The predicted molar refractivity (Wildman–Crippen MR) is 56.8 cm³/mol. The molecule has 1 N–H and O–H groups in total. The highest BCUT2D eigenvalue weighted by Gasteiger charge is 2.23. The zero-order chi connectivity index (χ0) is 11.1. The van der Waals surface area contributed by atoms with Gasteiger partial charge in [0.1, 0.15) is 11.6 Å². The Morgan fingerprint density at radius 1 is 1.44 bits per heavy atom. The van der Waals surface area contributed by atoms with Gasteiger partial charge in [-0.15, -0.1) is 10.2 Å². The van der Waals surface area contributed by atoms with E-state index in [0.717, 1.165) is 36.1 Å². The quantitative estimate of drug-likeness (QED) is 0.781. The number of aliphatic hydroxyl groups excluding tert-OH is 1. The molecule has 84 valence electrons. The van der Waals surface area contributed by atoms with Gasteiger partial charge in [-0.2, -0.15) is 0 Å². The SMILES string of the molecule is Cc1ccc(-c2nnc3n2CCC(O)C3)o1. The van der Waals surface area contributed by atoms with Crippen LogP contribution in [0.15, 0.2) is 16.5 Å². The van der Waals surface area contributed by atoms with Gasteiger partial charge in [0.2, 0.25) is 0 Å². The van der Waals surface area contributed by atoms with Gasteiger partial charge in [-0.05, 0) is 25.5 Å². The second-order valence-corrected chi connectivity index (χ2v) is 4.15. The molecule has 1 atom stereocenters. The van der Waals surface area contributed by atoms with Crippen LogP contribution in [-0.4, -0.2) is 26.0 Å². The van der Waals surface area contributed by atoms with Crippen LogP contribution in [0.4, 0.5) is 0 Å². The maximum absolute atomic E-state index is 9.54. The van der Waals surface area contributed by atoms with Gasteiger partial charge in [-0.25, -0.2) is 0 Å². The van der Waals surface area contributed by atoms with Crippen molar-refractivity contribution >= 4 is 0 Å². The zero-order valence-electron chi connectivity index (χ0n) is 9.05. The van der Waals surface area contributed by atoms with Crippen LogP contribution in [-0.2, 0) is 13.0 Å². The number of furan rings is 1. The lowest BCUT2D eigenvalue weighted by molar-refractivity contribution is 0.142. The third-order valence-electron chi connectivity index (χ3n) is 2.89. The highest BCUT2D eigenvalue weighted by Crippen LogP contribution is 2.24. The maximum Gasteiger partial charge on any atom is 0.199 e. The van der Waals surface area contributed by atoms with Crippen molar-refractivity contribution in [2.75, 3.05) is 0 Å². The summed E-state index contributed by atoms with van der Waals surface area (Å²) in [6, 6.07) is 3.81. The summed E-state index contributed by atoms with van der Waals surface area (Å²) >= 11 is 0. The Morgan fingerprint density at radius 2 is 2.31 bits per heavy atom. The molecule has 0 aromatic carbocycles. The fourth-order valence-electron chi connectivity index (χ4n) is 2.05. The molecule has 0 saturated heterocycles. The van der Waals surface area contributed by atoms with E-state index in [0.29, 0.717) is 6.42 Å². The lowest BCUT2D eigenvalue weighted by Gasteiger charge is -2.18.